The monoisotopic (exact) mass is 590 g/mol. The third-order valence-corrected chi connectivity index (χ3v) is 10.5. The number of aromatic nitrogens is 2. The maximum Gasteiger partial charge on any atom is 0.0641 e. The molecule has 3 heterocycles. The molecule has 0 bridgehead atoms. The van der Waals surface area contributed by atoms with Crippen LogP contribution in [0.1, 0.15) is 0 Å². The molecule has 0 aliphatic carbocycles. The highest BCUT2D eigenvalue weighted by molar-refractivity contribution is 7.25. The van der Waals surface area contributed by atoms with Gasteiger partial charge < -0.3 is 9.13 Å². The van der Waals surface area contributed by atoms with Crippen molar-refractivity contribution < 1.29 is 0 Å². The Hall–Kier alpha value is -5.64. The fourth-order valence-electron chi connectivity index (χ4n) is 7.51. The van der Waals surface area contributed by atoms with E-state index in [1.165, 1.54) is 86.3 Å². The molecule has 0 amide bonds. The summed E-state index contributed by atoms with van der Waals surface area (Å²) in [5.41, 5.74) is 9.75. The smallest absolute Gasteiger partial charge is 0.0641 e. The lowest BCUT2D eigenvalue weighted by Gasteiger charge is -2.15. The van der Waals surface area contributed by atoms with E-state index in [1.807, 2.05) is 11.3 Å². The van der Waals surface area contributed by atoms with Crippen LogP contribution in [0.2, 0.25) is 0 Å². The maximum absolute atomic E-state index is 2.49. The summed E-state index contributed by atoms with van der Waals surface area (Å²) in [6, 6.07) is 57.6. The van der Waals surface area contributed by atoms with E-state index >= 15 is 0 Å². The standard InChI is InChI=1S/C42H26N2S/c1-2-13-27(14-3-1)43-34-20-8-5-16-29(34)31-25-26-37-41(42(31)43)32-17-6-10-22-36(32)44(37)35-21-9-4-15-28(35)30-19-12-24-39-40(30)33-18-7-11-23-38(33)45-39/h1-26H. The summed E-state index contributed by atoms with van der Waals surface area (Å²) in [5.74, 6) is 0. The fourth-order valence-corrected chi connectivity index (χ4v) is 8.64. The van der Waals surface area contributed by atoms with Crippen molar-refractivity contribution in [3.63, 3.8) is 0 Å². The van der Waals surface area contributed by atoms with Gasteiger partial charge in [-0.2, -0.15) is 0 Å². The quantitative estimate of drug-likeness (QED) is 0.194. The Labute approximate surface area is 263 Å². The van der Waals surface area contributed by atoms with Crippen LogP contribution < -0.4 is 0 Å². The highest BCUT2D eigenvalue weighted by Crippen LogP contribution is 2.45. The van der Waals surface area contributed by atoms with E-state index in [0.717, 1.165) is 0 Å². The Morgan fingerprint density at radius 2 is 1.00 bits per heavy atom. The average Bonchev–Trinajstić information content (AvgIpc) is 3.76. The van der Waals surface area contributed by atoms with Crippen molar-refractivity contribution in [2.24, 2.45) is 0 Å². The molecular formula is C42H26N2S. The van der Waals surface area contributed by atoms with Gasteiger partial charge in [0, 0.05) is 53.0 Å². The molecule has 0 atom stereocenters. The molecule has 10 aromatic rings. The molecule has 0 N–H and O–H groups in total. The summed E-state index contributed by atoms with van der Waals surface area (Å²) in [6.45, 7) is 0. The Kier molecular flexibility index (Phi) is 5.19. The first-order valence-corrected chi connectivity index (χ1v) is 16.2. The first-order chi connectivity index (χ1) is 22.4. The zero-order valence-corrected chi connectivity index (χ0v) is 25.1. The van der Waals surface area contributed by atoms with Crippen molar-refractivity contribution in [2.45, 2.75) is 0 Å². The van der Waals surface area contributed by atoms with Crippen LogP contribution in [0.15, 0.2) is 158 Å². The lowest BCUT2D eigenvalue weighted by Crippen LogP contribution is -1.97. The molecule has 3 aromatic heterocycles. The minimum absolute atomic E-state index is 1.17. The summed E-state index contributed by atoms with van der Waals surface area (Å²) in [4.78, 5) is 0. The lowest BCUT2D eigenvalue weighted by atomic mass is 9.98. The predicted molar refractivity (Wildman–Crippen MR) is 193 cm³/mol. The van der Waals surface area contributed by atoms with Crippen molar-refractivity contribution in [2.75, 3.05) is 0 Å². The van der Waals surface area contributed by atoms with Crippen LogP contribution in [0.3, 0.4) is 0 Å². The topological polar surface area (TPSA) is 9.86 Å². The summed E-state index contributed by atoms with van der Waals surface area (Å²) in [7, 11) is 0. The molecule has 0 spiro atoms. The number of rotatable bonds is 3. The van der Waals surface area contributed by atoms with Crippen molar-refractivity contribution >= 4 is 75.1 Å². The fraction of sp³-hybridized carbons (Fsp3) is 0. The van der Waals surface area contributed by atoms with Gasteiger partial charge in [-0.1, -0.05) is 109 Å². The van der Waals surface area contributed by atoms with E-state index in [1.54, 1.807) is 0 Å². The molecule has 10 rings (SSSR count). The molecule has 210 valence electrons. The molecule has 0 aliphatic rings. The third-order valence-electron chi connectivity index (χ3n) is 9.32. The lowest BCUT2D eigenvalue weighted by molar-refractivity contribution is 1.18. The predicted octanol–water partition coefficient (Wildman–Crippen LogP) is 11.9. The van der Waals surface area contributed by atoms with E-state index in [2.05, 4.69) is 167 Å². The molecule has 0 unspecified atom stereocenters. The molecule has 7 aromatic carbocycles. The number of nitrogens with zero attached hydrogens (tertiary/aromatic N) is 2. The van der Waals surface area contributed by atoms with Gasteiger partial charge in [0.15, 0.2) is 0 Å². The van der Waals surface area contributed by atoms with Crippen molar-refractivity contribution in [1.82, 2.24) is 9.13 Å². The molecule has 0 aliphatic heterocycles. The van der Waals surface area contributed by atoms with E-state index < -0.39 is 0 Å². The number of hydrogen-bond donors (Lipinski definition) is 0. The van der Waals surface area contributed by atoms with Gasteiger partial charge in [-0.05, 0) is 54.1 Å². The van der Waals surface area contributed by atoms with E-state index in [-0.39, 0.29) is 0 Å². The Bertz CT molecular complexity index is 2760. The molecule has 3 heteroatoms. The van der Waals surface area contributed by atoms with Gasteiger partial charge >= 0.3 is 0 Å². The molecule has 0 radical (unpaired) electrons. The van der Waals surface area contributed by atoms with Gasteiger partial charge in [0.05, 0.1) is 27.8 Å². The van der Waals surface area contributed by atoms with Crippen LogP contribution in [0.5, 0.6) is 0 Å². The van der Waals surface area contributed by atoms with Crippen LogP contribution in [0.4, 0.5) is 0 Å². The average molecular weight is 591 g/mol. The van der Waals surface area contributed by atoms with E-state index in [9.17, 15) is 0 Å². The summed E-state index contributed by atoms with van der Waals surface area (Å²) < 4.78 is 7.58. The number of fused-ring (bicyclic) bond motifs is 10. The summed E-state index contributed by atoms with van der Waals surface area (Å²) >= 11 is 1.87. The van der Waals surface area contributed by atoms with Crippen LogP contribution in [0.25, 0.3) is 86.3 Å². The van der Waals surface area contributed by atoms with Crippen LogP contribution in [-0.4, -0.2) is 9.13 Å². The number of hydrogen-bond acceptors (Lipinski definition) is 1. The molecular weight excluding hydrogens is 565 g/mol. The van der Waals surface area contributed by atoms with Gasteiger partial charge in [-0.3, -0.25) is 0 Å². The van der Waals surface area contributed by atoms with Crippen LogP contribution >= 0.6 is 11.3 Å². The van der Waals surface area contributed by atoms with E-state index in [4.69, 9.17) is 0 Å². The normalized spacial score (nSPS) is 12.0. The van der Waals surface area contributed by atoms with Gasteiger partial charge in [-0.25, -0.2) is 0 Å². The number of thiophene rings is 1. The minimum Gasteiger partial charge on any atom is -0.309 e. The summed E-state index contributed by atoms with van der Waals surface area (Å²) in [5, 5.41) is 7.72. The second-order valence-electron chi connectivity index (χ2n) is 11.7. The molecule has 0 fully saturated rings. The Morgan fingerprint density at radius 1 is 0.356 bits per heavy atom. The van der Waals surface area contributed by atoms with Crippen molar-refractivity contribution in [1.29, 1.82) is 0 Å². The first-order valence-electron chi connectivity index (χ1n) is 15.4. The molecule has 2 nitrogen and oxygen atoms in total. The molecule has 45 heavy (non-hydrogen) atoms. The molecule has 0 saturated heterocycles. The van der Waals surface area contributed by atoms with Gasteiger partial charge in [0.1, 0.15) is 0 Å². The largest absolute Gasteiger partial charge is 0.309 e. The Balaban J connectivity index is 1.36. The van der Waals surface area contributed by atoms with Crippen LogP contribution in [-0.2, 0) is 0 Å². The van der Waals surface area contributed by atoms with E-state index in [0.29, 0.717) is 0 Å². The first kappa shape index (κ1) is 24.8. The second kappa shape index (κ2) is 9.43. The zero-order chi connectivity index (χ0) is 29.5. The summed E-state index contributed by atoms with van der Waals surface area (Å²) in [6.07, 6.45) is 0. The highest BCUT2D eigenvalue weighted by atomic mass is 32.1. The van der Waals surface area contributed by atoms with Crippen molar-refractivity contribution in [3.8, 4) is 22.5 Å². The minimum atomic E-state index is 1.17. The maximum atomic E-state index is 2.49. The van der Waals surface area contributed by atoms with Gasteiger partial charge in [0.25, 0.3) is 0 Å². The van der Waals surface area contributed by atoms with Gasteiger partial charge in [-0.15, -0.1) is 11.3 Å². The Morgan fingerprint density at radius 3 is 1.87 bits per heavy atom. The third kappa shape index (κ3) is 3.44. The highest BCUT2D eigenvalue weighted by Gasteiger charge is 2.22. The molecule has 0 saturated carbocycles. The number of benzene rings is 7. The SMILES string of the molecule is c1ccc(-n2c3ccccc3c3ccc4c(c5ccccc5n4-c4ccccc4-c4cccc5sc6ccccc6c45)c32)cc1. The zero-order valence-electron chi connectivity index (χ0n) is 24.3. The van der Waals surface area contributed by atoms with Crippen LogP contribution in [0, 0.1) is 0 Å². The van der Waals surface area contributed by atoms with Gasteiger partial charge in [0.2, 0.25) is 0 Å². The number of para-hydroxylation sites is 4. The second-order valence-corrected chi connectivity index (χ2v) is 12.8. The van der Waals surface area contributed by atoms with Crippen molar-refractivity contribution in [3.05, 3.63) is 158 Å².